The van der Waals surface area contributed by atoms with Crippen molar-refractivity contribution < 1.29 is 9.53 Å². The maximum atomic E-state index is 13.1. The zero-order valence-electron chi connectivity index (χ0n) is 19.6. The third-order valence-corrected chi connectivity index (χ3v) is 5.43. The van der Waals surface area contributed by atoms with E-state index in [4.69, 9.17) is 4.74 Å². The monoisotopic (exact) mass is 446 g/mol. The van der Waals surface area contributed by atoms with Crippen molar-refractivity contribution in [2.45, 2.75) is 39.2 Å². The van der Waals surface area contributed by atoms with Gasteiger partial charge in [0.1, 0.15) is 11.6 Å². The predicted octanol–water partition coefficient (Wildman–Crippen LogP) is 6.11. The van der Waals surface area contributed by atoms with Crippen LogP contribution in [0.5, 0.6) is 5.75 Å². The van der Waals surface area contributed by atoms with Gasteiger partial charge in [-0.3, -0.25) is 0 Å². The Balaban J connectivity index is 1.49. The van der Waals surface area contributed by atoms with Crippen molar-refractivity contribution in [1.29, 1.82) is 0 Å². The molecule has 0 bridgehead atoms. The number of aromatic nitrogens is 1. The normalized spacial score (nSPS) is 10.5. The second-order valence-corrected chi connectivity index (χ2v) is 8.13. The highest BCUT2D eigenvalue weighted by atomic mass is 16.5. The summed E-state index contributed by atoms with van der Waals surface area (Å²) in [6, 6.07) is 21.6. The number of amides is 2. The topological polar surface area (TPSA) is 66.5 Å². The second kappa shape index (κ2) is 13.1. The standard InChI is InChI=1S/C27H34N4O2/c1-22-13-15-23(16-14-22)21-31(27(32)30-24-10-9-11-25(20-24)33-2)19-8-4-3-6-17-28-26-12-5-7-18-29-26/h5,7,9-16,18,20H,3-4,6,8,17,19,21H2,1-2H3,(H,28,29)(H,30,32). The number of nitrogens with zero attached hydrogens (tertiary/aromatic N) is 2. The largest absolute Gasteiger partial charge is 0.497 e. The molecule has 3 aromatic rings. The van der Waals surface area contributed by atoms with Crippen LogP contribution in [0.25, 0.3) is 0 Å². The zero-order chi connectivity index (χ0) is 23.3. The molecule has 6 nitrogen and oxygen atoms in total. The highest BCUT2D eigenvalue weighted by molar-refractivity contribution is 5.89. The van der Waals surface area contributed by atoms with Crippen molar-refractivity contribution >= 4 is 17.5 Å². The Bertz CT molecular complexity index is 977. The number of hydrogen-bond acceptors (Lipinski definition) is 4. The average molecular weight is 447 g/mol. The van der Waals surface area contributed by atoms with Gasteiger partial charge < -0.3 is 20.3 Å². The molecular weight excluding hydrogens is 412 g/mol. The molecule has 0 aliphatic heterocycles. The van der Waals surface area contributed by atoms with Crippen LogP contribution in [-0.4, -0.2) is 36.1 Å². The fourth-order valence-electron chi connectivity index (χ4n) is 3.53. The number of unbranched alkanes of at least 4 members (excludes halogenated alkanes) is 3. The number of carbonyl (C=O) groups excluding carboxylic acids is 1. The van der Waals surface area contributed by atoms with Crippen molar-refractivity contribution in [3.8, 4) is 5.75 Å². The summed E-state index contributed by atoms with van der Waals surface area (Å²) < 4.78 is 5.27. The minimum atomic E-state index is -0.0966. The lowest BCUT2D eigenvalue weighted by molar-refractivity contribution is 0.207. The van der Waals surface area contributed by atoms with E-state index in [0.29, 0.717) is 13.1 Å². The molecule has 0 aliphatic rings. The lowest BCUT2D eigenvalue weighted by atomic mass is 10.1. The fraction of sp³-hybridized carbons (Fsp3) is 0.333. The summed E-state index contributed by atoms with van der Waals surface area (Å²) in [5.41, 5.74) is 3.07. The first-order valence-electron chi connectivity index (χ1n) is 11.5. The maximum Gasteiger partial charge on any atom is 0.322 e. The average Bonchev–Trinajstić information content (AvgIpc) is 2.84. The SMILES string of the molecule is COc1cccc(NC(=O)N(CCCCCCNc2ccccn2)Cc2ccc(C)cc2)c1. The summed E-state index contributed by atoms with van der Waals surface area (Å²) in [5, 5.41) is 6.36. The van der Waals surface area contributed by atoms with Gasteiger partial charge in [-0.2, -0.15) is 0 Å². The Kier molecular flexibility index (Phi) is 9.58. The van der Waals surface area contributed by atoms with Crippen molar-refractivity contribution in [3.63, 3.8) is 0 Å². The van der Waals surface area contributed by atoms with Crippen LogP contribution in [0.3, 0.4) is 0 Å². The Morgan fingerprint density at radius 1 is 0.970 bits per heavy atom. The summed E-state index contributed by atoms with van der Waals surface area (Å²) in [6.45, 7) is 4.26. The van der Waals surface area contributed by atoms with Crippen molar-refractivity contribution in [2.75, 3.05) is 30.8 Å². The van der Waals surface area contributed by atoms with E-state index in [1.54, 1.807) is 13.3 Å². The Labute approximate surface area is 197 Å². The molecule has 33 heavy (non-hydrogen) atoms. The summed E-state index contributed by atoms with van der Waals surface area (Å²) in [4.78, 5) is 19.2. The van der Waals surface area contributed by atoms with E-state index >= 15 is 0 Å². The quantitative estimate of drug-likeness (QED) is 0.330. The molecule has 0 radical (unpaired) electrons. The van der Waals surface area contributed by atoms with Gasteiger partial charge in [0.25, 0.3) is 0 Å². The van der Waals surface area contributed by atoms with E-state index in [2.05, 4.69) is 46.8 Å². The molecule has 0 spiro atoms. The number of rotatable bonds is 12. The summed E-state index contributed by atoms with van der Waals surface area (Å²) in [6.07, 6.45) is 6.00. The number of anilines is 2. The van der Waals surface area contributed by atoms with E-state index in [0.717, 1.165) is 55.0 Å². The lowest BCUT2D eigenvalue weighted by Gasteiger charge is -2.23. The van der Waals surface area contributed by atoms with Crippen LogP contribution in [0.15, 0.2) is 72.9 Å². The highest BCUT2D eigenvalue weighted by Gasteiger charge is 2.14. The lowest BCUT2D eigenvalue weighted by Crippen LogP contribution is -2.35. The van der Waals surface area contributed by atoms with Crippen LogP contribution >= 0.6 is 0 Å². The van der Waals surface area contributed by atoms with E-state index in [9.17, 15) is 4.79 Å². The number of benzene rings is 2. The van der Waals surface area contributed by atoms with Gasteiger partial charge >= 0.3 is 6.03 Å². The van der Waals surface area contributed by atoms with Crippen molar-refractivity contribution in [1.82, 2.24) is 9.88 Å². The molecule has 0 aliphatic carbocycles. The molecule has 0 unspecified atom stereocenters. The van der Waals surface area contributed by atoms with E-state index in [1.165, 1.54) is 5.56 Å². The number of hydrogen-bond donors (Lipinski definition) is 2. The smallest absolute Gasteiger partial charge is 0.322 e. The van der Waals surface area contributed by atoms with Gasteiger partial charge in [-0.25, -0.2) is 9.78 Å². The van der Waals surface area contributed by atoms with Crippen molar-refractivity contribution in [3.05, 3.63) is 84.1 Å². The van der Waals surface area contributed by atoms with Gasteiger partial charge in [0.05, 0.1) is 7.11 Å². The molecule has 1 heterocycles. The van der Waals surface area contributed by atoms with Crippen LogP contribution in [0.1, 0.15) is 36.8 Å². The molecule has 0 fully saturated rings. The molecule has 0 saturated carbocycles. The van der Waals surface area contributed by atoms with Gasteiger partial charge in [0, 0.05) is 37.6 Å². The number of carbonyl (C=O) groups is 1. The molecular formula is C27H34N4O2. The molecule has 3 rings (SSSR count). The van der Waals surface area contributed by atoms with Crippen LogP contribution in [0, 0.1) is 6.92 Å². The molecule has 2 N–H and O–H groups in total. The Morgan fingerprint density at radius 3 is 2.55 bits per heavy atom. The van der Waals surface area contributed by atoms with E-state index in [1.807, 2.05) is 47.4 Å². The fourth-order valence-corrected chi connectivity index (χ4v) is 3.53. The number of methoxy groups -OCH3 is 1. The molecule has 2 aromatic carbocycles. The molecule has 0 atom stereocenters. The number of nitrogens with one attached hydrogen (secondary N) is 2. The number of ether oxygens (including phenoxy) is 1. The molecule has 0 saturated heterocycles. The second-order valence-electron chi connectivity index (χ2n) is 8.13. The third-order valence-electron chi connectivity index (χ3n) is 5.43. The van der Waals surface area contributed by atoms with E-state index in [-0.39, 0.29) is 6.03 Å². The number of aryl methyl sites for hydroxylation is 1. The van der Waals surface area contributed by atoms with E-state index < -0.39 is 0 Å². The molecule has 6 heteroatoms. The summed E-state index contributed by atoms with van der Waals surface area (Å²) >= 11 is 0. The molecule has 174 valence electrons. The zero-order valence-corrected chi connectivity index (χ0v) is 19.6. The first-order chi connectivity index (χ1) is 16.1. The van der Waals surface area contributed by atoms with Crippen molar-refractivity contribution in [2.24, 2.45) is 0 Å². The van der Waals surface area contributed by atoms with Gasteiger partial charge in [0.15, 0.2) is 0 Å². The summed E-state index contributed by atoms with van der Waals surface area (Å²) in [7, 11) is 1.62. The summed E-state index contributed by atoms with van der Waals surface area (Å²) in [5.74, 6) is 1.63. The first kappa shape index (κ1) is 24.1. The first-order valence-corrected chi connectivity index (χ1v) is 11.5. The van der Waals surface area contributed by atoms with Gasteiger partial charge in [-0.05, 0) is 49.6 Å². The Hall–Kier alpha value is -3.54. The van der Waals surface area contributed by atoms with Crippen LogP contribution in [0.2, 0.25) is 0 Å². The van der Waals surface area contributed by atoms with Gasteiger partial charge in [0.2, 0.25) is 0 Å². The van der Waals surface area contributed by atoms with Gasteiger partial charge in [-0.1, -0.05) is 54.8 Å². The highest BCUT2D eigenvalue weighted by Crippen LogP contribution is 2.18. The number of urea groups is 1. The Morgan fingerprint density at radius 2 is 1.79 bits per heavy atom. The maximum absolute atomic E-state index is 13.1. The minimum Gasteiger partial charge on any atom is -0.497 e. The number of pyridine rings is 1. The van der Waals surface area contributed by atoms with Gasteiger partial charge in [-0.15, -0.1) is 0 Å². The minimum absolute atomic E-state index is 0.0966. The molecule has 2 amide bonds. The van der Waals surface area contributed by atoms with Crippen LogP contribution in [-0.2, 0) is 6.54 Å². The predicted molar refractivity (Wildman–Crippen MR) is 135 cm³/mol. The molecule has 1 aromatic heterocycles. The van der Waals surface area contributed by atoms with Crippen LogP contribution < -0.4 is 15.4 Å². The van der Waals surface area contributed by atoms with Crippen LogP contribution in [0.4, 0.5) is 16.3 Å². The third kappa shape index (κ3) is 8.48.